The van der Waals surface area contributed by atoms with Crippen molar-refractivity contribution < 1.29 is 9.47 Å². The van der Waals surface area contributed by atoms with Crippen LogP contribution in [0.5, 0.6) is 11.5 Å². The molecule has 0 radical (unpaired) electrons. The van der Waals surface area contributed by atoms with Gasteiger partial charge in [-0.25, -0.2) is 0 Å². The van der Waals surface area contributed by atoms with Crippen molar-refractivity contribution in [3.63, 3.8) is 0 Å². The molecule has 2 aliphatic rings. The van der Waals surface area contributed by atoms with E-state index in [-0.39, 0.29) is 0 Å². The number of benzene rings is 1. The van der Waals surface area contributed by atoms with E-state index < -0.39 is 0 Å². The van der Waals surface area contributed by atoms with E-state index in [0.717, 1.165) is 47.8 Å². The van der Waals surface area contributed by atoms with Gasteiger partial charge in [-0.2, -0.15) is 5.10 Å². The predicted octanol–water partition coefficient (Wildman–Crippen LogP) is 3.59. The third-order valence-electron chi connectivity index (χ3n) is 5.54. The van der Waals surface area contributed by atoms with Gasteiger partial charge in [0.25, 0.3) is 0 Å². The Balaban J connectivity index is 1.32. The summed E-state index contributed by atoms with van der Waals surface area (Å²) in [6.45, 7) is 3.19. The molecular formula is C22H24N4O2. The monoisotopic (exact) mass is 376 g/mol. The van der Waals surface area contributed by atoms with E-state index in [1.165, 1.54) is 12.0 Å². The normalized spacial score (nSPS) is 19.1. The van der Waals surface area contributed by atoms with Gasteiger partial charge in [0.1, 0.15) is 13.2 Å². The molecule has 0 bridgehead atoms. The van der Waals surface area contributed by atoms with Crippen LogP contribution in [0.25, 0.3) is 11.1 Å². The molecule has 1 atom stereocenters. The Kier molecular flexibility index (Phi) is 4.49. The fourth-order valence-corrected chi connectivity index (χ4v) is 4.13. The summed E-state index contributed by atoms with van der Waals surface area (Å²) in [5, 5.41) is 4.23. The lowest BCUT2D eigenvalue weighted by Crippen LogP contribution is -2.23. The first-order valence-electron chi connectivity index (χ1n) is 9.84. The fourth-order valence-electron chi connectivity index (χ4n) is 4.13. The standard InChI is InChI=1S/C22H24N4O2/c1-25-14-18(13-24-25)17-4-6-19(23-12-17)15-26-8-2-3-20(26)16-5-7-21-22(11-16)28-10-9-27-21/h4-7,11-14,20H,2-3,8-10,15H2,1H3. The lowest BCUT2D eigenvalue weighted by Gasteiger charge is -2.26. The molecule has 3 aromatic rings. The predicted molar refractivity (Wildman–Crippen MR) is 106 cm³/mol. The molecule has 1 aromatic carbocycles. The Labute approximate surface area is 164 Å². The van der Waals surface area contributed by atoms with Crippen LogP contribution in [-0.4, -0.2) is 39.4 Å². The van der Waals surface area contributed by atoms with Gasteiger partial charge in [-0.1, -0.05) is 12.1 Å². The molecule has 0 spiro atoms. The number of nitrogens with zero attached hydrogens (tertiary/aromatic N) is 4. The van der Waals surface area contributed by atoms with Gasteiger partial charge in [-0.3, -0.25) is 14.6 Å². The highest BCUT2D eigenvalue weighted by molar-refractivity contribution is 5.60. The zero-order valence-corrected chi connectivity index (χ0v) is 16.0. The second-order valence-corrected chi connectivity index (χ2v) is 7.47. The number of likely N-dealkylation sites (tertiary alicyclic amines) is 1. The number of ether oxygens (including phenoxy) is 2. The molecule has 2 aliphatic heterocycles. The average Bonchev–Trinajstić information content (AvgIpc) is 3.37. The molecule has 1 fully saturated rings. The molecule has 28 heavy (non-hydrogen) atoms. The maximum absolute atomic E-state index is 5.77. The first-order chi connectivity index (χ1) is 13.8. The molecule has 0 aliphatic carbocycles. The van der Waals surface area contributed by atoms with Crippen molar-refractivity contribution in [3.8, 4) is 22.6 Å². The SMILES string of the molecule is Cn1cc(-c2ccc(CN3CCCC3c3ccc4c(c3)OCCO4)nc2)cn1. The van der Waals surface area contributed by atoms with Gasteiger partial charge < -0.3 is 9.47 Å². The highest BCUT2D eigenvalue weighted by Gasteiger charge is 2.27. The van der Waals surface area contributed by atoms with Crippen LogP contribution < -0.4 is 9.47 Å². The van der Waals surface area contributed by atoms with Crippen LogP contribution in [0.1, 0.15) is 30.1 Å². The summed E-state index contributed by atoms with van der Waals surface area (Å²) in [4.78, 5) is 7.21. The summed E-state index contributed by atoms with van der Waals surface area (Å²) in [5.41, 5.74) is 4.59. The first kappa shape index (κ1) is 17.3. The number of hydrogen-bond donors (Lipinski definition) is 0. The number of pyridine rings is 1. The molecule has 1 saturated heterocycles. The third kappa shape index (κ3) is 3.36. The molecule has 5 rings (SSSR count). The molecule has 4 heterocycles. The van der Waals surface area contributed by atoms with E-state index in [1.807, 2.05) is 36.4 Å². The molecular weight excluding hydrogens is 352 g/mol. The highest BCUT2D eigenvalue weighted by Crippen LogP contribution is 2.38. The summed E-state index contributed by atoms with van der Waals surface area (Å²) in [5.74, 6) is 1.72. The van der Waals surface area contributed by atoms with Crippen LogP contribution in [0, 0.1) is 0 Å². The molecule has 6 heteroatoms. The zero-order chi connectivity index (χ0) is 18.9. The van der Waals surface area contributed by atoms with E-state index >= 15 is 0 Å². The van der Waals surface area contributed by atoms with Gasteiger partial charge in [0.2, 0.25) is 0 Å². The lowest BCUT2D eigenvalue weighted by molar-refractivity contribution is 0.170. The van der Waals surface area contributed by atoms with Crippen LogP contribution >= 0.6 is 0 Å². The van der Waals surface area contributed by atoms with Gasteiger partial charge in [0, 0.05) is 43.2 Å². The molecule has 0 saturated carbocycles. The van der Waals surface area contributed by atoms with Crippen molar-refractivity contribution in [2.24, 2.45) is 7.05 Å². The molecule has 6 nitrogen and oxygen atoms in total. The van der Waals surface area contributed by atoms with Crippen LogP contribution in [0.15, 0.2) is 48.9 Å². The van der Waals surface area contributed by atoms with Crippen LogP contribution in [0.3, 0.4) is 0 Å². The van der Waals surface area contributed by atoms with E-state index in [0.29, 0.717) is 19.3 Å². The Bertz CT molecular complexity index is 967. The van der Waals surface area contributed by atoms with Crippen molar-refractivity contribution in [1.29, 1.82) is 0 Å². The van der Waals surface area contributed by atoms with Crippen molar-refractivity contribution in [1.82, 2.24) is 19.7 Å². The summed E-state index contributed by atoms with van der Waals surface area (Å²) in [6, 6.07) is 11.0. The largest absolute Gasteiger partial charge is 0.486 e. The van der Waals surface area contributed by atoms with E-state index in [1.54, 1.807) is 0 Å². The number of rotatable bonds is 4. The van der Waals surface area contributed by atoms with Crippen molar-refractivity contribution in [2.75, 3.05) is 19.8 Å². The molecule has 0 amide bonds. The molecule has 144 valence electrons. The molecule has 2 aromatic heterocycles. The summed E-state index contributed by atoms with van der Waals surface area (Å²) in [7, 11) is 1.93. The number of aromatic nitrogens is 3. The van der Waals surface area contributed by atoms with Gasteiger partial charge in [0.05, 0.1) is 11.9 Å². The third-order valence-corrected chi connectivity index (χ3v) is 5.54. The Hall–Kier alpha value is -2.86. The molecule has 0 N–H and O–H groups in total. The smallest absolute Gasteiger partial charge is 0.161 e. The zero-order valence-electron chi connectivity index (χ0n) is 16.0. The van der Waals surface area contributed by atoms with Gasteiger partial charge in [-0.15, -0.1) is 0 Å². The Morgan fingerprint density at radius 1 is 1.04 bits per heavy atom. The minimum atomic E-state index is 0.399. The topological polar surface area (TPSA) is 52.4 Å². The van der Waals surface area contributed by atoms with Crippen LogP contribution in [0.4, 0.5) is 0 Å². The average molecular weight is 376 g/mol. The highest BCUT2D eigenvalue weighted by atomic mass is 16.6. The fraction of sp³-hybridized carbons (Fsp3) is 0.364. The van der Waals surface area contributed by atoms with E-state index in [4.69, 9.17) is 14.5 Å². The first-order valence-corrected chi connectivity index (χ1v) is 9.84. The second-order valence-electron chi connectivity index (χ2n) is 7.47. The maximum atomic E-state index is 5.77. The number of aryl methyl sites for hydroxylation is 1. The minimum absolute atomic E-state index is 0.399. The number of hydrogen-bond acceptors (Lipinski definition) is 5. The summed E-state index contributed by atoms with van der Waals surface area (Å²) < 4.78 is 13.2. The van der Waals surface area contributed by atoms with Crippen molar-refractivity contribution in [2.45, 2.75) is 25.4 Å². The number of fused-ring (bicyclic) bond motifs is 1. The van der Waals surface area contributed by atoms with Gasteiger partial charge in [0.15, 0.2) is 11.5 Å². The van der Waals surface area contributed by atoms with Gasteiger partial charge in [-0.05, 0) is 43.1 Å². The van der Waals surface area contributed by atoms with Crippen LogP contribution in [-0.2, 0) is 13.6 Å². The maximum Gasteiger partial charge on any atom is 0.161 e. The minimum Gasteiger partial charge on any atom is -0.486 e. The van der Waals surface area contributed by atoms with E-state index in [2.05, 4.69) is 34.3 Å². The summed E-state index contributed by atoms with van der Waals surface area (Å²) >= 11 is 0. The lowest BCUT2D eigenvalue weighted by atomic mass is 10.0. The Morgan fingerprint density at radius 2 is 1.93 bits per heavy atom. The van der Waals surface area contributed by atoms with E-state index in [9.17, 15) is 0 Å². The van der Waals surface area contributed by atoms with Gasteiger partial charge >= 0.3 is 0 Å². The quantitative estimate of drug-likeness (QED) is 0.697. The second kappa shape index (κ2) is 7.28. The summed E-state index contributed by atoms with van der Waals surface area (Å²) in [6.07, 6.45) is 8.19. The Morgan fingerprint density at radius 3 is 2.71 bits per heavy atom. The van der Waals surface area contributed by atoms with Crippen molar-refractivity contribution >= 4 is 0 Å². The van der Waals surface area contributed by atoms with Crippen LogP contribution in [0.2, 0.25) is 0 Å². The molecule has 1 unspecified atom stereocenters. The van der Waals surface area contributed by atoms with Crippen molar-refractivity contribution in [3.05, 3.63) is 60.2 Å².